The molecule has 154 valence electrons. The summed E-state index contributed by atoms with van der Waals surface area (Å²) in [5.74, 6) is -0.669. The minimum atomic E-state index is -0.674. The molecule has 1 N–H and O–H groups in total. The lowest BCUT2D eigenvalue weighted by atomic mass is 10.1. The van der Waals surface area contributed by atoms with Crippen LogP contribution < -0.4 is 14.8 Å². The number of hydrogen-bond acceptors (Lipinski definition) is 7. The van der Waals surface area contributed by atoms with Gasteiger partial charge in [0.25, 0.3) is 11.6 Å². The van der Waals surface area contributed by atoms with Crippen LogP contribution in [0.2, 0.25) is 0 Å². The molecule has 2 aromatic rings. The summed E-state index contributed by atoms with van der Waals surface area (Å²) in [6.07, 6.45) is 1.36. The highest BCUT2D eigenvalue weighted by molar-refractivity contribution is 14.1. The van der Waals surface area contributed by atoms with E-state index in [0.717, 1.165) is 0 Å². The van der Waals surface area contributed by atoms with E-state index in [4.69, 9.17) is 9.47 Å². The Morgan fingerprint density at radius 1 is 1.30 bits per heavy atom. The van der Waals surface area contributed by atoms with Crippen LogP contribution in [0.4, 0.5) is 11.4 Å². The third kappa shape index (κ3) is 5.54. The molecule has 0 radical (unpaired) electrons. The molecule has 30 heavy (non-hydrogen) atoms. The van der Waals surface area contributed by atoms with Crippen LogP contribution in [0.3, 0.4) is 0 Å². The van der Waals surface area contributed by atoms with Crippen molar-refractivity contribution < 1.29 is 24.0 Å². The van der Waals surface area contributed by atoms with E-state index in [0.29, 0.717) is 20.4 Å². The van der Waals surface area contributed by atoms with E-state index in [2.05, 4.69) is 5.32 Å². The number of carbonyl (C=O) groups excluding carboxylic acids is 2. The van der Waals surface area contributed by atoms with E-state index in [1.165, 1.54) is 44.4 Å². The third-order valence-electron chi connectivity index (χ3n) is 3.84. The van der Waals surface area contributed by atoms with Crippen molar-refractivity contribution in [3.63, 3.8) is 0 Å². The summed E-state index contributed by atoms with van der Waals surface area (Å²) >= 11 is 1.95. The fourth-order valence-corrected chi connectivity index (χ4v) is 3.21. The van der Waals surface area contributed by atoms with Gasteiger partial charge in [-0.3, -0.25) is 19.7 Å². The van der Waals surface area contributed by atoms with Gasteiger partial charge in [0.2, 0.25) is 0 Å². The Labute approximate surface area is 185 Å². The third-order valence-corrected chi connectivity index (χ3v) is 4.64. The average molecular weight is 521 g/mol. The van der Waals surface area contributed by atoms with Gasteiger partial charge in [-0.15, -0.1) is 0 Å². The normalized spacial score (nSPS) is 10.7. The number of anilines is 1. The van der Waals surface area contributed by atoms with Crippen LogP contribution in [-0.4, -0.2) is 23.9 Å². The summed E-state index contributed by atoms with van der Waals surface area (Å²) in [5.41, 5.74) is 1.03. The van der Waals surface area contributed by atoms with Gasteiger partial charge in [0, 0.05) is 24.7 Å². The van der Waals surface area contributed by atoms with E-state index < -0.39 is 16.8 Å². The molecule has 0 aliphatic heterocycles. The summed E-state index contributed by atoms with van der Waals surface area (Å²) in [7, 11) is 1.40. The minimum Gasteiger partial charge on any atom is -0.493 e. The van der Waals surface area contributed by atoms with Gasteiger partial charge in [-0.25, -0.2) is 0 Å². The van der Waals surface area contributed by atoms with Gasteiger partial charge in [0.15, 0.2) is 11.5 Å². The van der Waals surface area contributed by atoms with Crippen molar-refractivity contribution in [1.82, 2.24) is 0 Å². The maximum atomic E-state index is 12.5. The zero-order chi connectivity index (χ0) is 22.4. The fraction of sp³-hybridized carbons (Fsp3) is 0.150. The highest BCUT2D eigenvalue weighted by Crippen LogP contribution is 2.34. The number of ether oxygens (including phenoxy) is 2. The van der Waals surface area contributed by atoms with E-state index in [1.807, 2.05) is 28.7 Å². The smallest absolute Gasteiger partial charge is 0.308 e. The topological polar surface area (TPSA) is 132 Å². The van der Waals surface area contributed by atoms with Gasteiger partial charge >= 0.3 is 5.97 Å². The first-order chi connectivity index (χ1) is 14.2. The highest BCUT2D eigenvalue weighted by Gasteiger charge is 2.16. The van der Waals surface area contributed by atoms with Crippen molar-refractivity contribution >= 4 is 51.9 Å². The lowest BCUT2D eigenvalue weighted by Gasteiger charge is -2.11. The second kappa shape index (κ2) is 9.84. The number of nitro benzene ring substituents is 1. The largest absolute Gasteiger partial charge is 0.493 e. The number of hydrogen-bond donors (Lipinski definition) is 1. The van der Waals surface area contributed by atoms with Crippen molar-refractivity contribution in [2.24, 2.45) is 0 Å². The number of nitrogens with zero attached hydrogens (tertiary/aromatic N) is 2. The first-order valence-corrected chi connectivity index (χ1v) is 9.48. The van der Waals surface area contributed by atoms with Gasteiger partial charge in [0.05, 0.1) is 15.6 Å². The molecular formula is C20H16IN3O6. The molecule has 10 heteroatoms. The van der Waals surface area contributed by atoms with Crippen LogP contribution >= 0.6 is 22.6 Å². The summed E-state index contributed by atoms with van der Waals surface area (Å²) < 4.78 is 10.9. The Morgan fingerprint density at radius 2 is 2.00 bits per heavy atom. The molecule has 0 aromatic heterocycles. The summed E-state index contributed by atoms with van der Waals surface area (Å²) in [4.78, 5) is 34.1. The summed E-state index contributed by atoms with van der Waals surface area (Å²) in [5, 5.41) is 22.8. The number of carbonyl (C=O) groups is 2. The molecule has 2 rings (SSSR count). The molecule has 0 aliphatic carbocycles. The molecule has 0 spiro atoms. The number of non-ortho nitro benzene ring substituents is 1. The van der Waals surface area contributed by atoms with E-state index in [-0.39, 0.29) is 22.8 Å². The SMILES string of the molecule is COc1cc(C=C(C#N)C(=O)Nc2ccc([N+](=O)[O-])cc2C)cc(I)c1OC(C)=O. The fourth-order valence-electron chi connectivity index (χ4n) is 2.47. The second-order valence-corrected chi connectivity index (χ2v) is 7.17. The standard InChI is InChI=1S/C20H16IN3O6/c1-11-6-15(24(27)28)4-5-17(11)23-20(26)14(10-22)7-13-8-16(21)19(30-12(2)25)18(9-13)29-3/h4-9H,1-3H3,(H,23,26). The predicted molar refractivity (Wildman–Crippen MR) is 117 cm³/mol. The molecule has 0 atom stereocenters. The maximum absolute atomic E-state index is 12.5. The van der Waals surface area contributed by atoms with Crippen LogP contribution in [0.25, 0.3) is 6.08 Å². The number of aryl methyl sites for hydroxylation is 1. The van der Waals surface area contributed by atoms with Crippen molar-refractivity contribution in [3.05, 3.63) is 60.7 Å². The quantitative estimate of drug-likeness (QED) is 0.116. The monoisotopic (exact) mass is 521 g/mol. The second-order valence-electron chi connectivity index (χ2n) is 6.01. The van der Waals surface area contributed by atoms with Crippen molar-refractivity contribution in [1.29, 1.82) is 5.26 Å². The van der Waals surface area contributed by atoms with Crippen LogP contribution in [0.5, 0.6) is 11.5 Å². The first-order valence-electron chi connectivity index (χ1n) is 8.40. The summed E-state index contributed by atoms with van der Waals surface area (Å²) in [6, 6.07) is 8.99. The number of benzene rings is 2. The Kier molecular flexibility index (Phi) is 7.48. The molecule has 0 aliphatic rings. The lowest BCUT2D eigenvalue weighted by Crippen LogP contribution is -2.14. The van der Waals surface area contributed by atoms with E-state index in [9.17, 15) is 25.0 Å². The van der Waals surface area contributed by atoms with Gasteiger partial charge in [-0.05, 0) is 64.9 Å². The number of nitro groups is 1. The molecule has 0 saturated heterocycles. The molecule has 1 amide bonds. The average Bonchev–Trinajstić information content (AvgIpc) is 2.68. The zero-order valence-electron chi connectivity index (χ0n) is 16.2. The minimum absolute atomic E-state index is 0.101. The van der Waals surface area contributed by atoms with Crippen molar-refractivity contribution in [2.45, 2.75) is 13.8 Å². The van der Waals surface area contributed by atoms with E-state index >= 15 is 0 Å². The number of esters is 1. The van der Waals surface area contributed by atoms with Gasteiger partial charge in [0.1, 0.15) is 11.6 Å². The Bertz CT molecular complexity index is 1100. The number of amides is 1. The van der Waals surface area contributed by atoms with Crippen LogP contribution in [0, 0.1) is 31.9 Å². The number of halogens is 1. The zero-order valence-corrected chi connectivity index (χ0v) is 18.3. The first kappa shape index (κ1) is 22.8. The van der Waals surface area contributed by atoms with Crippen molar-refractivity contribution in [2.75, 3.05) is 12.4 Å². The molecule has 0 saturated carbocycles. The lowest BCUT2D eigenvalue weighted by molar-refractivity contribution is -0.384. The summed E-state index contributed by atoms with van der Waals surface area (Å²) in [6.45, 7) is 2.88. The number of nitrogens with one attached hydrogen (secondary N) is 1. The van der Waals surface area contributed by atoms with Gasteiger partial charge < -0.3 is 14.8 Å². The van der Waals surface area contributed by atoms with Crippen LogP contribution in [-0.2, 0) is 9.59 Å². The molecule has 2 aromatic carbocycles. The maximum Gasteiger partial charge on any atom is 0.308 e. The molecule has 9 nitrogen and oxygen atoms in total. The van der Waals surface area contributed by atoms with E-state index in [1.54, 1.807) is 13.0 Å². The Morgan fingerprint density at radius 3 is 2.53 bits per heavy atom. The molecular weight excluding hydrogens is 505 g/mol. The van der Waals surface area contributed by atoms with Crippen LogP contribution in [0.1, 0.15) is 18.1 Å². The number of rotatable bonds is 6. The number of nitriles is 1. The molecule has 0 unspecified atom stereocenters. The van der Waals surface area contributed by atoms with Gasteiger partial charge in [-0.2, -0.15) is 5.26 Å². The predicted octanol–water partition coefficient (Wildman–Crippen LogP) is 3.99. The Balaban J connectivity index is 2.34. The molecule has 0 fully saturated rings. The van der Waals surface area contributed by atoms with Crippen molar-refractivity contribution in [3.8, 4) is 17.6 Å². The van der Waals surface area contributed by atoms with Gasteiger partial charge in [-0.1, -0.05) is 0 Å². The Hall–Kier alpha value is -3.46. The number of methoxy groups -OCH3 is 1. The van der Waals surface area contributed by atoms with Crippen LogP contribution in [0.15, 0.2) is 35.9 Å². The highest BCUT2D eigenvalue weighted by atomic mass is 127. The molecule has 0 heterocycles. The molecule has 0 bridgehead atoms.